The van der Waals surface area contributed by atoms with Crippen molar-refractivity contribution >= 4 is 28.5 Å². The number of nitrogens with two attached hydrogens (primary N) is 2. The number of carbonyl (C=O) groups excluding carboxylic acids is 1. The van der Waals surface area contributed by atoms with Gasteiger partial charge in [-0.2, -0.15) is 5.10 Å². The third-order valence-electron chi connectivity index (χ3n) is 5.79. The number of aromatic nitrogens is 1. The zero-order chi connectivity index (χ0) is 21.4. The van der Waals surface area contributed by atoms with Crippen LogP contribution in [0.15, 0.2) is 23.3 Å². The molecular formula is C20H24F2N6OS. The molecule has 5 N–H and O–H groups in total. The average molecular weight is 435 g/mol. The van der Waals surface area contributed by atoms with E-state index in [9.17, 15) is 13.6 Å². The fraction of sp³-hybridized carbons (Fsp3) is 0.450. The van der Waals surface area contributed by atoms with Crippen LogP contribution >= 0.6 is 11.3 Å². The molecule has 0 radical (unpaired) electrons. The number of carbonyl (C=O) groups is 1. The van der Waals surface area contributed by atoms with Crippen molar-refractivity contribution in [1.82, 2.24) is 15.3 Å². The van der Waals surface area contributed by atoms with Crippen molar-refractivity contribution in [3.8, 4) is 10.6 Å². The Kier molecular flexibility index (Phi) is 5.70. The highest BCUT2D eigenvalue weighted by atomic mass is 32.1. The second kappa shape index (κ2) is 8.27. The first-order chi connectivity index (χ1) is 14.3. The molecule has 160 valence electrons. The molecule has 1 aromatic carbocycles. The van der Waals surface area contributed by atoms with Crippen LogP contribution in [0.4, 0.5) is 13.8 Å². The summed E-state index contributed by atoms with van der Waals surface area (Å²) in [6.45, 7) is 0. The second-order valence-corrected chi connectivity index (χ2v) is 8.87. The van der Waals surface area contributed by atoms with E-state index in [2.05, 4.69) is 15.4 Å². The molecule has 1 aromatic heterocycles. The average Bonchev–Trinajstić information content (AvgIpc) is 3.24. The Bertz CT molecular complexity index is 960. The number of halogens is 2. The number of anilines is 1. The van der Waals surface area contributed by atoms with Gasteiger partial charge in [0.05, 0.1) is 17.6 Å². The SMILES string of the molecule is CN1N=CC(NC(=O)c2nc(-c3c(F)cccc3F)sc2N)C1[C@@H]1CCC[C@H](N)C1. The molecule has 1 amide bonds. The Morgan fingerprint density at radius 2 is 2.03 bits per heavy atom. The van der Waals surface area contributed by atoms with Crippen molar-refractivity contribution in [1.29, 1.82) is 0 Å². The number of nitrogen functional groups attached to an aromatic ring is 1. The molecule has 0 saturated heterocycles. The number of hydrogen-bond acceptors (Lipinski definition) is 7. The van der Waals surface area contributed by atoms with Gasteiger partial charge in [-0.15, -0.1) is 0 Å². The number of thiazole rings is 1. The van der Waals surface area contributed by atoms with Gasteiger partial charge in [-0.3, -0.25) is 9.80 Å². The van der Waals surface area contributed by atoms with E-state index in [1.54, 1.807) is 6.21 Å². The molecule has 1 aliphatic heterocycles. The molecule has 0 spiro atoms. The minimum atomic E-state index is -0.756. The number of hydrazone groups is 1. The molecule has 0 bridgehead atoms. The van der Waals surface area contributed by atoms with Gasteiger partial charge in [0.1, 0.15) is 21.6 Å². The lowest BCUT2D eigenvalue weighted by atomic mass is 9.79. The summed E-state index contributed by atoms with van der Waals surface area (Å²) < 4.78 is 28.2. The fourth-order valence-electron chi connectivity index (χ4n) is 4.40. The summed E-state index contributed by atoms with van der Waals surface area (Å²) in [7, 11) is 1.88. The highest BCUT2D eigenvalue weighted by Crippen LogP contribution is 2.34. The van der Waals surface area contributed by atoms with Crippen molar-refractivity contribution < 1.29 is 13.6 Å². The molecule has 2 unspecified atom stereocenters. The van der Waals surface area contributed by atoms with Gasteiger partial charge in [0.2, 0.25) is 0 Å². The molecular weight excluding hydrogens is 410 g/mol. The lowest BCUT2D eigenvalue weighted by Gasteiger charge is -2.36. The van der Waals surface area contributed by atoms with Gasteiger partial charge in [-0.25, -0.2) is 13.8 Å². The molecule has 2 aliphatic rings. The molecule has 7 nitrogen and oxygen atoms in total. The van der Waals surface area contributed by atoms with Crippen LogP contribution in [0.25, 0.3) is 10.6 Å². The van der Waals surface area contributed by atoms with Crippen molar-refractivity contribution in [2.75, 3.05) is 12.8 Å². The van der Waals surface area contributed by atoms with Gasteiger partial charge in [0.15, 0.2) is 5.69 Å². The van der Waals surface area contributed by atoms with Gasteiger partial charge in [0, 0.05) is 19.3 Å². The molecule has 4 rings (SSSR count). The lowest BCUT2D eigenvalue weighted by molar-refractivity contribution is 0.0897. The van der Waals surface area contributed by atoms with Crippen molar-refractivity contribution in [2.24, 2.45) is 16.8 Å². The van der Waals surface area contributed by atoms with Crippen molar-refractivity contribution in [2.45, 2.75) is 43.8 Å². The number of amides is 1. The standard InChI is InChI=1S/C20H24F2N6OS/c1-28-17(10-4-2-5-11(23)8-10)14(9-25-28)26-19(29)16-18(24)30-20(27-16)15-12(21)6-3-7-13(15)22/h3,6-7,9-11,14,17H,2,4-5,8,23-24H2,1H3,(H,26,29)/t10-,11+,14?,17?/m1/s1. The van der Waals surface area contributed by atoms with E-state index in [1.165, 1.54) is 6.07 Å². The number of rotatable bonds is 4. The van der Waals surface area contributed by atoms with Gasteiger partial charge in [0.25, 0.3) is 5.91 Å². The minimum absolute atomic E-state index is 0.0105. The van der Waals surface area contributed by atoms with Crippen LogP contribution in [-0.2, 0) is 0 Å². The fourth-order valence-corrected chi connectivity index (χ4v) is 5.27. The largest absolute Gasteiger partial charge is 0.389 e. The van der Waals surface area contributed by atoms with Crippen LogP contribution < -0.4 is 16.8 Å². The molecule has 4 atom stereocenters. The second-order valence-electron chi connectivity index (χ2n) is 7.84. The van der Waals surface area contributed by atoms with Crippen molar-refractivity contribution in [3.63, 3.8) is 0 Å². The summed E-state index contributed by atoms with van der Waals surface area (Å²) in [5.74, 6) is -1.70. The van der Waals surface area contributed by atoms with E-state index in [1.807, 2.05) is 12.1 Å². The number of benzene rings is 1. The van der Waals surface area contributed by atoms with Crippen LogP contribution in [0.1, 0.15) is 36.2 Å². The summed E-state index contributed by atoms with van der Waals surface area (Å²) >= 11 is 0.877. The van der Waals surface area contributed by atoms with Crippen LogP contribution in [0.3, 0.4) is 0 Å². The maximum Gasteiger partial charge on any atom is 0.273 e. The molecule has 1 aliphatic carbocycles. The van der Waals surface area contributed by atoms with Crippen LogP contribution in [0, 0.1) is 17.6 Å². The summed E-state index contributed by atoms with van der Waals surface area (Å²) in [5, 5.41) is 9.27. The Hall–Kier alpha value is -2.59. The lowest BCUT2D eigenvalue weighted by Crippen LogP contribution is -2.51. The Labute approximate surface area is 177 Å². The number of hydrogen-bond donors (Lipinski definition) is 3. The monoisotopic (exact) mass is 434 g/mol. The normalized spacial score (nSPS) is 26.2. The molecule has 10 heteroatoms. The molecule has 1 saturated carbocycles. The summed E-state index contributed by atoms with van der Waals surface area (Å²) in [5.41, 5.74) is 11.8. The quantitative estimate of drug-likeness (QED) is 0.685. The van der Waals surface area contributed by atoms with Gasteiger partial charge in [-0.05, 0) is 37.3 Å². The summed E-state index contributed by atoms with van der Waals surface area (Å²) in [6.07, 6.45) is 5.65. The van der Waals surface area contributed by atoms with E-state index in [-0.39, 0.29) is 39.4 Å². The first kappa shape index (κ1) is 20.7. The zero-order valence-corrected chi connectivity index (χ0v) is 17.3. The Balaban J connectivity index is 1.54. The topological polar surface area (TPSA) is 110 Å². The number of likely N-dealkylation sites (N-methyl/N-ethyl adjacent to an activating group) is 1. The van der Waals surface area contributed by atoms with Crippen LogP contribution in [0.5, 0.6) is 0 Å². The van der Waals surface area contributed by atoms with Crippen LogP contribution in [-0.4, -0.2) is 47.3 Å². The first-order valence-electron chi connectivity index (χ1n) is 9.89. The minimum Gasteiger partial charge on any atom is -0.389 e. The van der Waals surface area contributed by atoms with Crippen molar-refractivity contribution in [3.05, 3.63) is 35.5 Å². The molecule has 2 aromatic rings. The van der Waals surface area contributed by atoms with Gasteiger partial charge in [-0.1, -0.05) is 23.8 Å². The molecule has 30 heavy (non-hydrogen) atoms. The Morgan fingerprint density at radius 1 is 1.30 bits per heavy atom. The number of nitrogens with one attached hydrogen (secondary N) is 1. The third-order valence-corrected chi connectivity index (χ3v) is 6.69. The molecule has 2 heterocycles. The first-order valence-corrected chi connectivity index (χ1v) is 10.7. The van der Waals surface area contributed by atoms with Crippen LogP contribution in [0.2, 0.25) is 0 Å². The van der Waals surface area contributed by atoms with Gasteiger partial charge >= 0.3 is 0 Å². The predicted octanol–water partition coefficient (Wildman–Crippen LogP) is 2.59. The maximum absolute atomic E-state index is 14.1. The Morgan fingerprint density at radius 3 is 2.73 bits per heavy atom. The molecule has 1 fully saturated rings. The van der Waals surface area contributed by atoms with E-state index in [0.717, 1.165) is 49.2 Å². The highest BCUT2D eigenvalue weighted by molar-refractivity contribution is 7.19. The van der Waals surface area contributed by atoms with Gasteiger partial charge < -0.3 is 16.8 Å². The van der Waals surface area contributed by atoms with E-state index in [0.29, 0.717) is 5.92 Å². The summed E-state index contributed by atoms with van der Waals surface area (Å²) in [6, 6.07) is 3.37. The maximum atomic E-state index is 14.1. The summed E-state index contributed by atoms with van der Waals surface area (Å²) in [4.78, 5) is 17.0. The van der Waals surface area contributed by atoms with E-state index >= 15 is 0 Å². The zero-order valence-electron chi connectivity index (χ0n) is 16.5. The smallest absolute Gasteiger partial charge is 0.273 e. The highest BCUT2D eigenvalue weighted by Gasteiger charge is 2.38. The number of nitrogens with zero attached hydrogens (tertiary/aromatic N) is 3. The van der Waals surface area contributed by atoms with E-state index in [4.69, 9.17) is 11.5 Å². The predicted molar refractivity (Wildman–Crippen MR) is 113 cm³/mol. The van der Waals surface area contributed by atoms with E-state index < -0.39 is 17.5 Å². The third kappa shape index (κ3) is 3.89.